The van der Waals surface area contributed by atoms with Crippen molar-refractivity contribution in [2.45, 2.75) is 0 Å². The van der Waals surface area contributed by atoms with E-state index in [1.54, 1.807) is 15.9 Å². The van der Waals surface area contributed by atoms with Gasteiger partial charge in [-0.3, -0.25) is 0 Å². The van der Waals surface area contributed by atoms with E-state index in [9.17, 15) is 0 Å². The van der Waals surface area contributed by atoms with Crippen LogP contribution in [-0.4, -0.2) is 45.5 Å². The maximum Gasteiger partial charge on any atom is 2.00 e. The minimum Gasteiger partial charge on any atom is 2.00 e. The van der Waals surface area contributed by atoms with E-state index in [-0.39, 0.29) is 97.7 Å². The van der Waals surface area contributed by atoms with Gasteiger partial charge in [-0.1, -0.05) is 0 Å². The third kappa shape index (κ3) is 9.04. The van der Waals surface area contributed by atoms with E-state index >= 15 is 0 Å². The monoisotopic (exact) mass is 314 g/mol. The molecule has 0 fully saturated rings. The first-order chi connectivity index (χ1) is 1.00. The van der Waals surface area contributed by atoms with Gasteiger partial charge in [0.1, 0.15) is 0 Å². The quantitative estimate of drug-likeness (QED) is 0.563. The largest absolute Gasteiger partial charge is 2.00 e. The van der Waals surface area contributed by atoms with Gasteiger partial charge >= 0.3 is 65.3 Å². The van der Waals surface area contributed by atoms with Gasteiger partial charge in [0.05, 0.1) is 0 Å². The van der Waals surface area contributed by atoms with Crippen LogP contribution in [0.4, 0.5) is 0 Å². The van der Waals surface area contributed by atoms with E-state index in [4.69, 9.17) is 3.83 Å². The Labute approximate surface area is 114 Å². The molecular weight excluding hydrogens is 311 g/mol. The van der Waals surface area contributed by atoms with Crippen molar-refractivity contribution in [2.24, 2.45) is 0 Å². The number of hydrogen-bond acceptors (Lipinski definition) is 1. The molecule has 0 aromatic carbocycles. The smallest absolute Gasteiger partial charge is 2.00 e. The van der Waals surface area contributed by atoms with Crippen LogP contribution in [0.3, 0.4) is 0 Å². The first-order valence-electron chi connectivity index (χ1n) is 0.154. The standard InChI is InChI=1S/Eu.Mn.O.Sr.2H/q;;;+2;2*-1. The molecule has 0 atom stereocenters. The summed E-state index contributed by atoms with van der Waals surface area (Å²) in [6.45, 7) is 0. The van der Waals surface area contributed by atoms with Crippen molar-refractivity contribution in [3.8, 4) is 0 Å². The Bertz CT molecular complexity index is 13.5. The molecule has 0 N–H and O–H groups in total. The van der Waals surface area contributed by atoms with Gasteiger partial charge in [0.2, 0.25) is 0 Å². The van der Waals surface area contributed by atoms with Crippen molar-refractivity contribution in [3.63, 3.8) is 0 Å². The molecule has 4 heavy (non-hydrogen) atoms. The Balaban J connectivity index is -0.000000000833. The third-order valence-corrected chi connectivity index (χ3v) is 0. The summed E-state index contributed by atoms with van der Waals surface area (Å²) in [5.74, 6) is 0. The summed E-state index contributed by atoms with van der Waals surface area (Å²) in [6.07, 6.45) is 0. The second-order valence-corrected chi connectivity index (χ2v) is 0. The Morgan fingerprint density at radius 1 is 1.50 bits per heavy atom. The van der Waals surface area contributed by atoms with Crippen LogP contribution in [0.5, 0.6) is 0 Å². The van der Waals surface area contributed by atoms with E-state index < -0.39 is 0 Å². The van der Waals surface area contributed by atoms with Gasteiger partial charge in [0, 0.05) is 49.4 Å². The van der Waals surface area contributed by atoms with Crippen molar-refractivity contribution >= 4 is 45.5 Å². The number of hydrogen-bond donors (Lipinski definition) is 0. The van der Waals surface area contributed by atoms with Crippen LogP contribution < -0.4 is 0 Å². The Kier molecular flexibility index (Phi) is 63.3. The minimum atomic E-state index is 0. The summed E-state index contributed by atoms with van der Waals surface area (Å²) >= 11 is 1.69. The molecule has 0 aliphatic heterocycles. The molecule has 0 saturated heterocycles. The van der Waals surface area contributed by atoms with E-state index in [0.717, 1.165) is 0 Å². The Morgan fingerprint density at radius 3 is 1.50 bits per heavy atom. The predicted octanol–water partition coefficient (Wildman–Crippen LogP) is -0.277. The van der Waals surface area contributed by atoms with Crippen LogP contribution >= 0.6 is 0 Å². The SMILES string of the molecule is [Eu].[H-].[H-].[O]=[Mn].[Sr+2]. The van der Waals surface area contributed by atoms with Gasteiger partial charge in [0.25, 0.3) is 0 Å². The summed E-state index contributed by atoms with van der Waals surface area (Å²) < 4.78 is 8.06. The van der Waals surface area contributed by atoms with Gasteiger partial charge in [-0.25, -0.2) is 0 Å². The fourth-order valence-corrected chi connectivity index (χ4v) is 0. The van der Waals surface area contributed by atoms with Crippen LogP contribution in [0.15, 0.2) is 0 Å². The fraction of sp³-hybridized carbons (Fsp3) is 0. The average molecular weight is 313 g/mol. The molecule has 1 radical (unpaired) electrons. The zero-order valence-electron chi connectivity index (χ0n) is 3.87. The molecule has 24 valence electrons. The minimum absolute atomic E-state index is 0. The van der Waals surface area contributed by atoms with Gasteiger partial charge < -0.3 is 2.85 Å². The molecule has 0 bridgehead atoms. The summed E-state index contributed by atoms with van der Waals surface area (Å²) in [5, 5.41) is 0. The molecule has 1 nitrogen and oxygen atoms in total. The summed E-state index contributed by atoms with van der Waals surface area (Å²) in [7, 11) is 0. The molecule has 0 aromatic heterocycles. The van der Waals surface area contributed by atoms with Crippen LogP contribution in [0.1, 0.15) is 2.85 Å². The molecule has 0 aromatic rings. The molecule has 4 heteroatoms. The molecule has 0 saturated carbocycles. The average Bonchev–Trinajstić information content (AvgIpc) is 1.00. The maximum atomic E-state index is 8.06. The predicted molar refractivity (Wildman–Crippen MR) is 8.66 cm³/mol. The zero-order chi connectivity index (χ0) is 2.00. The fourth-order valence-electron chi connectivity index (χ4n) is 0. The molecule has 0 aliphatic carbocycles. The first kappa shape index (κ1) is 15.7. The van der Waals surface area contributed by atoms with Crippen molar-refractivity contribution in [1.82, 2.24) is 0 Å². The molecule has 0 unspecified atom stereocenters. The molecule has 0 aliphatic rings. The van der Waals surface area contributed by atoms with Gasteiger partial charge in [-0.05, 0) is 0 Å². The van der Waals surface area contributed by atoms with Crippen molar-refractivity contribution < 1.29 is 72.0 Å². The van der Waals surface area contributed by atoms with Crippen LogP contribution in [0.25, 0.3) is 0 Å². The molecule has 0 spiro atoms. The van der Waals surface area contributed by atoms with Crippen LogP contribution in [0, 0.1) is 49.4 Å². The summed E-state index contributed by atoms with van der Waals surface area (Å²) in [5.41, 5.74) is 0. The van der Waals surface area contributed by atoms with E-state index in [0.29, 0.717) is 0 Å². The number of rotatable bonds is 0. The second-order valence-electron chi connectivity index (χ2n) is 0. The van der Waals surface area contributed by atoms with Crippen LogP contribution in [-0.2, 0) is 19.8 Å². The summed E-state index contributed by atoms with van der Waals surface area (Å²) in [6, 6.07) is 0. The van der Waals surface area contributed by atoms with Crippen molar-refractivity contribution in [2.75, 3.05) is 0 Å². The Morgan fingerprint density at radius 2 is 1.50 bits per heavy atom. The topological polar surface area (TPSA) is 17.1 Å². The van der Waals surface area contributed by atoms with E-state index in [1.807, 2.05) is 0 Å². The third-order valence-electron chi connectivity index (χ3n) is 0. The normalized spacial score (nSPS) is 1.00. The van der Waals surface area contributed by atoms with E-state index in [1.165, 1.54) is 0 Å². The van der Waals surface area contributed by atoms with Crippen molar-refractivity contribution in [1.29, 1.82) is 0 Å². The van der Waals surface area contributed by atoms with Gasteiger partial charge in [-0.2, -0.15) is 0 Å². The molecule has 0 rings (SSSR count). The van der Waals surface area contributed by atoms with Gasteiger partial charge in [0.15, 0.2) is 0 Å². The van der Waals surface area contributed by atoms with Crippen LogP contribution in [0.2, 0.25) is 0 Å². The second kappa shape index (κ2) is 16.2. The maximum absolute atomic E-state index is 8.06. The molecule has 0 heterocycles. The zero-order valence-corrected chi connectivity index (χ0v) is 8.95. The molecular formula is H2EuMnOSr. The van der Waals surface area contributed by atoms with Crippen molar-refractivity contribution in [3.05, 3.63) is 0 Å². The first-order valence-corrected chi connectivity index (χ1v) is 0.636. The van der Waals surface area contributed by atoms with E-state index in [2.05, 4.69) is 0 Å². The Hall–Kier alpha value is 3.38. The molecule has 0 amide bonds. The summed E-state index contributed by atoms with van der Waals surface area (Å²) in [4.78, 5) is 0. The van der Waals surface area contributed by atoms with Gasteiger partial charge in [-0.15, -0.1) is 0 Å².